The first kappa shape index (κ1) is 10.8. The van der Waals surface area contributed by atoms with E-state index in [1.165, 1.54) is 7.05 Å². The van der Waals surface area contributed by atoms with Gasteiger partial charge in [-0.25, -0.2) is 0 Å². The molecule has 2 heterocycles. The van der Waals surface area contributed by atoms with Crippen molar-refractivity contribution < 1.29 is 14.1 Å². The number of nitrogens with one attached hydrogen (secondary N) is 1. The monoisotopic (exact) mass is 223 g/mol. The van der Waals surface area contributed by atoms with E-state index in [2.05, 4.69) is 10.5 Å². The molecule has 2 amide bonds. The van der Waals surface area contributed by atoms with Gasteiger partial charge in [-0.3, -0.25) is 19.8 Å². The Bertz CT molecular complexity index is 427. The molecular weight excluding hydrogens is 210 g/mol. The molecule has 1 fully saturated rings. The molecule has 1 aliphatic rings. The fourth-order valence-corrected chi connectivity index (χ4v) is 1.64. The van der Waals surface area contributed by atoms with Crippen LogP contribution in [0.1, 0.15) is 17.9 Å². The van der Waals surface area contributed by atoms with E-state index in [1.54, 1.807) is 13.0 Å². The van der Waals surface area contributed by atoms with Gasteiger partial charge in [0, 0.05) is 19.7 Å². The quantitative estimate of drug-likeness (QED) is 0.720. The lowest BCUT2D eigenvalue weighted by Crippen LogP contribution is -2.36. The predicted octanol–water partition coefficient (Wildman–Crippen LogP) is -0.170. The van der Waals surface area contributed by atoms with Gasteiger partial charge in [0.15, 0.2) is 0 Å². The van der Waals surface area contributed by atoms with Gasteiger partial charge in [0.25, 0.3) is 0 Å². The van der Waals surface area contributed by atoms with Crippen molar-refractivity contribution in [2.75, 3.05) is 7.05 Å². The molecule has 1 saturated heterocycles. The lowest BCUT2D eigenvalue weighted by atomic mass is 10.2. The highest BCUT2D eigenvalue weighted by molar-refractivity contribution is 6.05. The van der Waals surface area contributed by atoms with E-state index in [4.69, 9.17) is 4.52 Å². The molecule has 1 aliphatic heterocycles. The van der Waals surface area contributed by atoms with Gasteiger partial charge in [-0.2, -0.15) is 0 Å². The summed E-state index contributed by atoms with van der Waals surface area (Å²) in [6.07, 6.45) is 0.214. The summed E-state index contributed by atoms with van der Waals surface area (Å²) in [7, 11) is 1.49. The van der Waals surface area contributed by atoms with E-state index < -0.39 is 6.04 Å². The number of rotatable bonds is 3. The van der Waals surface area contributed by atoms with Gasteiger partial charge in [-0.15, -0.1) is 0 Å². The first-order chi connectivity index (χ1) is 7.58. The molecule has 1 aromatic rings. The summed E-state index contributed by atoms with van der Waals surface area (Å²) in [6.45, 7) is 2.23. The summed E-state index contributed by atoms with van der Waals surface area (Å²) in [4.78, 5) is 23.9. The molecule has 1 N–H and O–H groups in total. The van der Waals surface area contributed by atoms with Gasteiger partial charge < -0.3 is 4.52 Å². The molecule has 0 aliphatic carbocycles. The maximum absolute atomic E-state index is 11.5. The van der Waals surface area contributed by atoms with E-state index in [0.717, 1.165) is 16.4 Å². The summed E-state index contributed by atoms with van der Waals surface area (Å²) in [5.41, 5.74) is 0.729. The Kier molecular flexibility index (Phi) is 2.74. The topological polar surface area (TPSA) is 75.4 Å². The standard InChI is InChI=1S/C10H13N3O3/c1-6-3-7(12-16-6)5-11-8-4-9(14)13(2)10(8)15/h3,8,11H,4-5H2,1-2H3. The van der Waals surface area contributed by atoms with Crippen LogP contribution in [-0.4, -0.2) is 35.0 Å². The normalized spacial score (nSPS) is 20.9. The highest BCUT2D eigenvalue weighted by Crippen LogP contribution is 2.11. The predicted molar refractivity (Wildman–Crippen MR) is 54.3 cm³/mol. The third-order valence-corrected chi connectivity index (χ3v) is 2.59. The first-order valence-electron chi connectivity index (χ1n) is 5.04. The third-order valence-electron chi connectivity index (χ3n) is 2.59. The number of hydrogen-bond donors (Lipinski definition) is 1. The Morgan fingerprint density at radius 1 is 1.62 bits per heavy atom. The van der Waals surface area contributed by atoms with Crippen LogP contribution in [0.25, 0.3) is 0 Å². The van der Waals surface area contributed by atoms with Crippen molar-refractivity contribution in [2.45, 2.75) is 25.9 Å². The average Bonchev–Trinajstić information content (AvgIpc) is 2.76. The van der Waals surface area contributed by atoms with Crippen LogP contribution in [0, 0.1) is 6.92 Å². The summed E-state index contributed by atoms with van der Waals surface area (Å²) in [6, 6.07) is 1.35. The highest BCUT2D eigenvalue weighted by Gasteiger charge is 2.35. The van der Waals surface area contributed by atoms with Crippen LogP contribution in [0.5, 0.6) is 0 Å². The molecule has 0 saturated carbocycles. The van der Waals surface area contributed by atoms with Crippen LogP contribution in [0.2, 0.25) is 0 Å². The SMILES string of the molecule is Cc1cc(CNC2CC(=O)N(C)C2=O)no1. The summed E-state index contributed by atoms with van der Waals surface area (Å²) in [5.74, 6) is 0.381. The molecule has 0 spiro atoms. The lowest BCUT2D eigenvalue weighted by molar-refractivity contribution is -0.137. The molecule has 0 aromatic carbocycles. The molecule has 6 heteroatoms. The van der Waals surface area contributed by atoms with E-state index in [-0.39, 0.29) is 18.2 Å². The van der Waals surface area contributed by atoms with Crippen molar-refractivity contribution in [3.8, 4) is 0 Å². The zero-order chi connectivity index (χ0) is 11.7. The number of aromatic nitrogens is 1. The van der Waals surface area contributed by atoms with Crippen LogP contribution < -0.4 is 5.32 Å². The fraction of sp³-hybridized carbons (Fsp3) is 0.500. The zero-order valence-electron chi connectivity index (χ0n) is 9.19. The van der Waals surface area contributed by atoms with Crippen LogP contribution in [0.15, 0.2) is 10.6 Å². The van der Waals surface area contributed by atoms with Crippen molar-refractivity contribution in [1.82, 2.24) is 15.4 Å². The third kappa shape index (κ3) is 1.96. The molecular formula is C10H13N3O3. The van der Waals surface area contributed by atoms with Crippen molar-refractivity contribution in [3.63, 3.8) is 0 Å². The van der Waals surface area contributed by atoms with E-state index in [9.17, 15) is 9.59 Å². The molecule has 1 aromatic heterocycles. The van der Waals surface area contributed by atoms with Crippen LogP contribution in [0.3, 0.4) is 0 Å². The minimum absolute atomic E-state index is 0.154. The number of amides is 2. The first-order valence-corrected chi connectivity index (χ1v) is 5.04. The number of nitrogens with zero attached hydrogens (tertiary/aromatic N) is 2. The van der Waals surface area contributed by atoms with Crippen molar-refractivity contribution >= 4 is 11.8 Å². The second-order valence-corrected chi connectivity index (χ2v) is 3.86. The number of aryl methyl sites for hydroxylation is 1. The Labute approximate surface area is 92.6 Å². The van der Waals surface area contributed by atoms with Crippen LogP contribution >= 0.6 is 0 Å². The van der Waals surface area contributed by atoms with Crippen LogP contribution in [0.4, 0.5) is 0 Å². The number of carbonyl (C=O) groups is 2. The maximum atomic E-state index is 11.5. The van der Waals surface area contributed by atoms with E-state index >= 15 is 0 Å². The van der Waals surface area contributed by atoms with Crippen molar-refractivity contribution in [3.05, 3.63) is 17.5 Å². The number of carbonyl (C=O) groups excluding carboxylic acids is 2. The van der Waals surface area contributed by atoms with E-state index in [0.29, 0.717) is 6.54 Å². The molecule has 0 radical (unpaired) electrons. The number of hydrogen-bond acceptors (Lipinski definition) is 5. The lowest BCUT2D eigenvalue weighted by Gasteiger charge is -2.09. The van der Waals surface area contributed by atoms with Crippen LogP contribution in [-0.2, 0) is 16.1 Å². The van der Waals surface area contributed by atoms with E-state index in [1.807, 2.05) is 0 Å². The molecule has 86 valence electrons. The molecule has 2 rings (SSSR count). The molecule has 6 nitrogen and oxygen atoms in total. The van der Waals surface area contributed by atoms with Gasteiger partial charge >= 0.3 is 0 Å². The number of imide groups is 1. The zero-order valence-corrected chi connectivity index (χ0v) is 9.19. The summed E-state index contributed by atoms with van der Waals surface area (Å²) < 4.78 is 4.90. The largest absolute Gasteiger partial charge is 0.361 e. The Morgan fingerprint density at radius 3 is 2.88 bits per heavy atom. The number of likely N-dealkylation sites (N-methyl/N-ethyl adjacent to an activating group) is 1. The van der Waals surface area contributed by atoms with Crippen molar-refractivity contribution in [1.29, 1.82) is 0 Å². The Morgan fingerprint density at radius 2 is 2.38 bits per heavy atom. The second-order valence-electron chi connectivity index (χ2n) is 3.86. The molecule has 1 unspecified atom stereocenters. The minimum Gasteiger partial charge on any atom is -0.361 e. The summed E-state index contributed by atoms with van der Waals surface area (Å²) >= 11 is 0. The summed E-state index contributed by atoms with van der Waals surface area (Å²) in [5, 5.41) is 6.78. The van der Waals surface area contributed by atoms with Gasteiger partial charge in [0.2, 0.25) is 11.8 Å². The van der Waals surface area contributed by atoms with Gasteiger partial charge in [-0.05, 0) is 6.92 Å². The minimum atomic E-state index is -0.436. The smallest absolute Gasteiger partial charge is 0.246 e. The van der Waals surface area contributed by atoms with Crippen molar-refractivity contribution in [2.24, 2.45) is 0 Å². The molecule has 0 bridgehead atoms. The molecule has 16 heavy (non-hydrogen) atoms. The Balaban J connectivity index is 1.92. The fourth-order valence-electron chi connectivity index (χ4n) is 1.64. The van der Waals surface area contributed by atoms with Gasteiger partial charge in [0.05, 0.1) is 18.2 Å². The Hall–Kier alpha value is -1.69. The van der Waals surface area contributed by atoms with Gasteiger partial charge in [0.1, 0.15) is 5.76 Å². The average molecular weight is 223 g/mol. The second kappa shape index (κ2) is 4.05. The molecule has 1 atom stereocenters. The number of likely N-dealkylation sites (tertiary alicyclic amines) is 1. The maximum Gasteiger partial charge on any atom is 0.246 e. The highest BCUT2D eigenvalue weighted by atomic mass is 16.5. The van der Waals surface area contributed by atoms with Gasteiger partial charge in [-0.1, -0.05) is 5.16 Å².